The second kappa shape index (κ2) is 10.4. The Bertz CT molecular complexity index is 347. The lowest BCUT2D eigenvalue weighted by Gasteiger charge is -2.18. The van der Waals surface area contributed by atoms with Crippen LogP contribution in [0.25, 0.3) is 0 Å². The zero-order valence-corrected chi connectivity index (χ0v) is 13.4. The molecule has 19 heavy (non-hydrogen) atoms. The molecule has 3 nitrogen and oxygen atoms in total. The summed E-state index contributed by atoms with van der Waals surface area (Å²) in [6.45, 7) is 5.08. The van der Waals surface area contributed by atoms with Crippen LogP contribution in [0.3, 0.4) is 0 Å². The highest BCUT2D eigenvalue weighted by Crippen LogP contribution is 2.20. The quantitative estimate of drug-likeness (QED) is 0.666. The van der Waals surface area contributed by atoms with E-state index in [1.165, 1.54) is 12.0 Å². The van der Waals surface area contributed by atoms with Crippen molar-refractivity contribution in [3.8, 4) is 0 Å². The Balaban J connectivity index is 2.36. The van der Waals surface area contributed by atoms with Gasteiger partial charge in [0.25, 0.3) is 0 Å². The Labute approximate surface area is 124 Å². The van der Waals surface area contributed by atoms with E-state index in [0.717, 1.165) is 24.0 Å². The molecule has 1 rings (SSSR count). The maximum Gasteiger partial charge on any atom is 0.0950 e. The number of halogens is 1. The molecule has 108 valence electrons. The molecule has 0 fully saturated rings. The van der Waals surface area contributed by atoms with E-state index in [1.54, 1.807) is 0 Å². The first-order valence-corrected chi connectivity index (χ1v) is 7.66. The van der Waals surface area contributed by atoms with E-state index < -0.39 is 0 Å². The molecule has 0 radical (unpaired) electrons. The number of rotatable bonds is 10. The third-order valence-electron chi connectivity index (χ3n) is 2.80. The van der Waals surface area contributed by atoms with Crippen molar-refractivity contribution in [2.24, 2.45) is 0 Å². The fraction of sp³-hybridized carbons (Fsp3) is 0.600. The number of hydrogen-bond acceptors (Lipinski definition) is 3. The van der Waals surface area contributed by atoms with Gasteiger partial charge in [-0.05, 0) is 31.2 Å². The number of unbranched alkanes of at least 4 members (excludes halogenated alkanes) is 1. The van der Waals surface area contributed by atoms with E-state index in [1.807, 2.05) is 19.2 Å². The topological polar surface area (TPSA) is 30.5 Å². The highest BCUT2D eigenvalue weighted by Gasteiger charge is 2.11. The number of nitrogens with one attached hydrogen (secondary N) is 1. The molecule has 1 aromatic carbocycles. The Kier molecular flexibility index (Phi) is 9.08. The van der Waals surface area contributed by atoms with Crippen LogP contribution in [0.2, 0.25) is 0 Å². The monoisotopic (exact) mass is 329 g/mol. The zero-order chi connectivity index (χ0) is 13.9. The minimum absolute atomic E-state index is 0.0669. The SMILES string of the molecule is CCCCOCCOC(CNC)c1cccc(Br)c1. The third kappa shape index (κ3) is 7.06. The number of hydrogen-bond donors (Lipinski definition) is 1. The first-order valence-electron chi connectivity index (χ1n) is 6.87. The Morgan fingerprint density at radius 2 is 2.11 bits per heavy atom. The van der Waals surface area contributed by atoms with Gasteiger partial charge >= 0.3 is 0 Å². The molecular weight excluding hydrogens is 306 g/mol. The lowest BCUT2D eigenvalue weighted by Crippen LogP contribution is -2.21. The summed E-state index contributed by atoms with van der Waals surface area (Å²) in [4.78, 5) is 0. The molecule has 0 bridgehead atoms. The minimum atomic E-state index is 0.0669. The van der Waals surface area contributed by atoms with Gasteiger partial charge < -0.3 is 14.8 Å². The van der Waals surface area contributed by atoms with Crippen molar-refractivity contribution in [1.29, 1.82) is 0 Å². The highest BCUT2D eigenvalue weighted by molar-refractivity contribution is 9.10. The maximum atomic E-state index is 5.90. The molecule has 1 atom stereocenters. The number of benzene rings is 1. The van der Waals surface area contributed by atoms with Gasteiger partial charge in [-0.3, -0.25) is 0 Å². The molecule has 0 aliphatic rings. The predicted octanol–water partition coefficient (Wildman–Crippen LogP) is 3.54. The van der Waals surface area contributed by atoms with E-state index in [2.05, 4.69) is 40.3 Å². The van der Waals surface area contributed by atoms with Gasteiger partial charge in [-0.1, -0.05) is 41.4 Å². The van der Waals surface area contributed by atoms with Crippen LogP contribution in [0, 0.1) is 0 Å². The summed E-state index contributed by atoms with van der Waals surface area (Å²) < 4.78 is 12.5. The first-order chi connectivity index (χ1) is 9.27. The van der Waals surface area contributed by atoms with Gasteiger partial charge in [0, 0.05) is 17.6 Å². The molecule has 0 saturated carbocycles. The molecule has 4 heteroatoms. The molecule has 0 saturated heterocycles. The Hall–Kier alpha value is -0.420. The summed E-state index contributed by atoms with van der Waals surface area (Å²) in [6, 6.07) is 8.24. The standard InChI is InChI=1S/C15H24BrNO2/c1-3-4-8-18-9-10-19-15(12-17-2)13-6-5-7-14(16)11-13/h5-7,11,15,17H,3-4,8-10,12H2,1-2H3. The van der Waals surface area contributed by atoms with Gasteiger partial charge in [-0.2, -0.15) is 0 Å². The van der Waals surface area contributed by atoms with Crippen molar-refractivity contribution < 1.29 is 9.47 Å². The van der Waals surface area contributed by atoms with Crippen LogP contribution in [0.4, 0.5) is 0 Å². The molecule has 0 aliphatic carbocycles. The largest absolute Gasteiger partial charge is 0.379 e. The molecule has 0 heterocycles. The van der Waals surface area contributed by atoms with Crippen molar-refractivity contribution in [1.82, 2.24) is 5.32 Å². The van der Waals surface area contributed by atoms with Crippen LogP contribution in [-0.4, -0.2) is 33.4 Å². The predicted molar refractivity (Wildman–Crippen MR) is 82.5 cm³/mol. The second-order valence-corrected chi connectivity index (χ2v) is 5.35. The summed E-state index contributed by atoms with van der Waals surface area (Å²) >= 11 is 3.49. The van der Waals surface area contributed by atoms with Crippen LogP contribution in [0.1, 0.15) is 31.4 Å². The van der Waals surface area contributed by atoms with Gasteiger partial charge in [0.15, 0.2) is 0 Å². The summed E-state index contributed by atoms with van der Waals surface area (Å²) in [5, 5.41) is 3.17. The molecule has 1 N–H and O–H groups in total. The van der Waals surface area contributed by atoms with Gasteiger partial charge in [-0.25, -0.2) is 0 Å². The van der Waals surface area contributed by atoms with E-state index in [0.29, 0.717) is 13.2 Å². The molecule has 1 aromatic rings. The fourth-order valence-electron chi connectivity index (χ4n) is 1.76. The average molecular weight is 330 g/mol. The van der Waals surface area contributed by atoms with Crippen molar-refractivity contribution in [3.63, 3.8) is 0 Å². The van der Waals surface area contributed by atoms with E-state index in [9.17, 15) is 0 Å². The summed E-state index contributed by atoms with van der Waals surface area (Å²) in [5.41, 5.74) is 1.18. The number of likely N-dealkylation sites (N-methyl/N-ethyl adjacent to an activating group) is 1. The van der Waals surface area contributed by atoms with Crippen LogP contribution in [-0.2, 0) is 9.47 Å². The van der Waals surface area contributed by atoms with Crippen molar-refractivity contribution >= 4 is 15.9 Å². The molecule has 0 spiro atoms. The summed E-state index contributed by atoms with van der Waals surface area (Å²) in [6.07, 6.45) is 2.35. The van der Waals surface area contributed by atoms with E-state index in [-0.39, 0.29) is 6.10 Å². The van der Waals surface area contributed by atoms with E-state index in [4.69, 9.17) is 9.47 Å². The smallest absolute Gasteiger partial charge is 0.0950 e. The van der Waals surface area contributed by atoms with Crippen LogP contribution in [0.5, 0.6) is 0 Å². The van der Waals surface area contributed by atoms with Gasteiger partial charge in [0.05, 0.1) is 19.3 Å². The van der Waals surface area contributed by atoms with Crippen molar-refractivity contribution in [2.45, 2.75) is 25.9 Å². The maximum absolute atomic E-state index is 5.90. The molecule has 0 aliphatic heterocycles. The van der Waals surface area contributed by atoms with Crippen molar-refractivity contribution in [3.05, 3.63) is 34.3 Å². The summed E-state index contributed by atoms with van der Waals surface area (Å²) in [7, 11) is 1.94. The van der Waals surface area contributed by atoms with Gasteiger partial charge in [0.2, 0.25) is 0 Å². The van der Waals surface area contributed by atoms with Crippen LogP contribution >= 0.6 is 15.9 Å². The molecule has 1 unspecified atom stereocenters. The lowest BCUT2D eigenvalue weighted by atomic mass is 10.1. The van der Waals surface area contributed by atoms with Crippen molar-refractivity contribution in [2.75, 3.05) is 33.4 Å². The van der Waals surface area contributed by atoms with Gasteiger partial charge in [0.1, 0.15) is 0 Å². The molecule has 0 amide bonds. The lowest BCUT2D eigenvalue weighted by molar-refractivity contribution is 0.00427. The zero-order valence-electron chi connectivity index (χ0n) is 11.8. The summed E-state index contributed by atoms with van der Waals surface area (Å²) in [5.74, 6) is 0. The van der Waals surface area contributed by atoms with Crippen LogP contribution in [0.15, 0.2) is 28.7 Å². The minimum Gasteiger partial charge on any atom is -0.379 e. The first kappa shape index (κ1) is 16.6. The highest BCUT2D eigenvalue weighted by atomic mass is 79.9. The van der Waals surface area contributed by atoms with E-state index >= 15 is 0 Å². The Morgan fingerprint density at radius 1 is 1.26 bits per heavy atom. The van der Waals surface area contributed by atoms with Crippen LogP contribution < -0.4 is 5.32 Å². The number of ether oxygens (including phenoxy) is 2. The van der Waals surface area contributed by atoms with Gasteiger partial charge in [-0.15, -0.1) is 0 Å². The Morgan fingerprint density at radius 3 is 2.79 bits per heavy atom. The second-order valence-electron chi connectivity index (χ2n) is 4.44. The third-order valence-corrected chi connectivity index (χ3v) is 3.29. The molecular formula is C15H24BrNO2. The average Bonchev–Trinajstić information content (AvgIpc) is 2.41. The molecule has 0 aromatic heterocycles. The fourth-order valence-corrected chi connectivity index (χ4v) is 2.18. The normalized spacial score (nSPS) is 12.6.